The van der Waals surface area contributed by atoms with Crippen molar-refractivity contribution >= 4 is 11.6 Å². The van der Waals surface area contributed by atoms with Crippen molar-refractivity contribution in [2.75, 3.05) is 12.4 Å². The fraction of sp³-hybridized carbons (Fsp3) is 0.214. The molecule has 1 aromatic carbocycles. The minimum absolute atomic E-state index is 0.0124. The summed E-state index contributed by atoms with van der Waals surface area (Å²) in [5.74, 6) is 0.602. The van der Waals surface area contributed by atoms with Crippen LogP contribution in [0.3, 0.4) is 0 Å². The summed E-state index contributed by atoms with van der Waals surface area (Å²) in [5, 5.41) is 2.66. The highest BCUT2D eigenvalue weighted by Crippen LogP contribution is 2.17. The monoisotopic (exact) mass is 273 g/mol. The molecule has 0 atom stereocenters. The molecule has 6 heteroatoms. The van der Waals surface area contributed by atoms with E-state index in [4.69, 9.17) is 4.74 Å². The highest BCUT2D eigenvalue weighted by molar-refractivity contribution is 6.04. The summed E-state index contributed by atoms with van der Waals surface area (Å²) in [6.07, 6.45) is 0. The molecule has 0 bridgehead atoms. The maximum absolute atomic E-state index is 12.2. The Kier molecular flexibility index (Phi) is 3.84. The standard InChI is InChI=1S/C14H15N3O3/c1-8-12(13(18)16-9(2)15-8)14(19)17-10-5-4-6-11(7-10)20-3/h4-7H,1-3H3,(H,17,19)(H,15,16,18). The average Bonchev–Trinajstić information content (AvgIpc) is 2.37. The Balaban J connectivity index is 2.31. The van der Waals surface area contributed by atoms with Crippen molar-refractivity contribution in [1.82, 2.24) is 9.97 Å². The van der Waals surface area contributed by atoms with Gasteiger partial charge in [-0.05, 0) is 26.0 Å². The topological polar surface area (TPSA) is 84.1 Å². The Morgan fingerprint density at radius 3 is 2.75 bits per heavy atom. The van der Waals surface area contributed by atoms with E-state index in [1.54, 1.807) is 45.2 Å². The van der Waals surface area contributed by atoms with E-state index in [1.165, 1.54) is 0 Å². The first-order chi connectivity index (χ1) is 9.51. The molecule has 0 aliphatic rings. The van der Waals surface area contributed by atoms with Gasteiger partial charge in [-0.15, -0.1) is 0 Å². The highest BCUT2D eigenvalue weighted by atomic mass is 16.5. The van der Waals surface area contributed by atoms with Crippen LogP contribution in [0.25, 0.3) is 0 Å². The lowest BCUT2D eigenvalue weighted by atomic mass is 10.2. The number of hydrogen-bond acceptors (Lipinski definition) is 4. The van der Waals surface area contributed by atoms with Gasteiger partial charge in [0, 0.05) is 11.8 Å². The number of H-pyrrole nitrogens is 1. The first-order valence-electron chi connectivity index (χ1n) is 6.04. The number of carbonyl (C=O) groups is 1. The van der Waals surface area contributed by atoms with Crippen molar-refractivity contribution in [3.8, 4) is 5.75 Å². The molecule has 1 aromatic heterocycles. The fourth-order valence-corrected chi connectivity index (χ4v) is 1.89. The summed E-state index contributed by atoms with van der Waals surface area (Å²) in [7, 11) is 1.54. The molecule has 2 aromatic rings. The zero-order valence-electron chi connectivity index (χ0n) is 11.5. The molecule has 1 amide bonds. The third-order valence-corrected chi connectivity index (χ3v) is 2.77. The molecule has 0 saturated carbocycles. The smallest absolute Gasteiger partial charge is 0.264 e. The third kappa shape index (κ3) is 2.85. The molecule has 2 N–H and O–H groups in total. The molecule has 0 aliphatic carbocycles. The van der Waals surface area contributed by atoms with E-state index in [2.05, 4.69) is 15.3 Å². The largest absolute Gasteiger partial charge is 0.497 e. The van der Waals surface area contributed by atoms with Crippen molar-refractivity contribution in [2.45, 2.75) is 13.8 Å². The van der Waals surface area contributed by atoms with E-state index >= 15 is 0 Å². The van der Waals surface area contributed by atoms with Crippen LogP contribution < -0.4 is 15.6 Å². The number of ether oxygens (including phenoxy) is 1. The molecule has 0 saturated heterocycles. The number of aromatic amines is 1. The fourth-order valence-electron chi connectivity index (χ4n) is 1.89. The number of hydrogen-bond donors (Lipinski definition) is 2. The summed E-state index contributed by atoms with van der Waals surface area (Å²) in [4.78, 5) is 30.6. The lowest BCUT2D eigenvalue weighted by Crippen LogP contribution is -2.26. The number of aromatic nitrogens is 2. The van der Waals surface area contributed by atoms with Crippen molar-refractivity contribution in [3.63, 3.8) is 0 Å². The van der Waals surface area contributed by atoms with E-state index in [-0.39, 0.29) is 5.56 Å². The van der Waals surface area contributed by atoms with E-state index in [0.29, 0.717) is 23.0 Å². The van der Waals surface area contributed by atoms with Crippen molar-refractivity contribution < 1.29 is 9.53 Å². The first kappa shape index (κ1) is 13.8. The van der Waals surface area contributed by atoms with Crippen molar-refractivity contribution in [1.29, 1.82) is 0 Å². The van der Waals surface area contributed by atoms with Crippen molar-refractivity contribution in [2.24, 2.45) is 0 Å². The third-order valence-electron chi connectivity index (χ3n) is 2.77. The average molecular weight is 273 g/mol. The molecule has 2 rings (SSSR count). The van der Waals surface area contributed by atoms with Gasteiger partial charge in [0.2, 0.25) is 0 Å². The summed E-state index contributed by atoms with van der Waals surface area (Å²) in [6.45, 7) is 3.29. The lowest BCUT2D eigenvalue weighted by Gasteiger charge is -2.08. The Morgan fingerprint density at radius 1 is 1.35 bits per heavy atom. The summed E-state index contributed by atoms with van der Waals surface area (Å²) >= 11 is 0. The van der Waals surface area contributed by atoms with E-state index < -0.39 is 11.5 Å². The van der Waals surface area contributed by atoms with E-state index in [9.17, 15) is 9.59 Å². The van der Waals surface area contributed by atoms with Crippen LogP contribution in [-0.2, 0) is 0 Å². The molecule has 0 spiro atoms. The predicted molar refractivity (Wildman–Crippen MR) is 75.3 cm³/mol. The molecule has 6 nitrogen and oxygen atoms in total. The van der Waals surface area contributed by atoms with Gasteiger partial charge in [0.05, 0.1) is 12.8 Å². The SMILES string of the molecule is COc1cccc(NC(=O)c2c(C)nc(C)[nH]c2=O)c1. The van der Waals surface area contributed by atoms with Crippen LogP contribution in [0.1, 0.15) is 21.9 Å². The Labute approximate surface area is 115 Å². The second kappa shape index (κ2) is 5.56. The minimum atomic E-state index is -0.496. The Morgan fingerprint density at radius 2 is 2.10 bits per heavy atom. The van der Waals surface area contributed by atoms with Crippen LogP contribution in [-0.4, -0.2) is 23.0 Å². The van der Waals surface area contributed by atoms with Crippen LogP contribution in [0.2, 0.25) is 0 Å². The Hall–Kier alpha value is -2.63. The van der Waals surface area contributed by atoms with Gasteiger partial charge in [-0.2, -0.15) is 0 Å². The zero-order valence-corrected chi connectivity index (χ0v) is 11.5. The van der Waals surface area contributed by atoms with Gasteiger partial charge in [0.25, 0.3) is 11.5 Å². The van der Waals surface area contributed by atoms with Gasteiger partial charge in [-0.25, -0.2) is 4.98 Å². The zero-order chi connectivity index (χ0) is 14.7. The molecule has 0 aliphatic heterocycles. The van der Waals surface area contributed by atoms with Gasteiger partial charge in [0.1, 0.15) is 17.1 Å². The van der Waals surface area contributed by atoms with E-state index in [1.807, 2.05) is 0 Å². The number of aryl methyl sites for hydroxylation is 2. The summed E-state index contributed by atoms with van der Waals surface area (Å²) < 4.78 is 5.07. The van der Waals surface area contributed by atoms with Crippen LogP contribution >= 0.6 is 0 Å². The normalized spacial score (nSPS) is 10.2. The number of amides is 1. The molecular formula is C14H15N3O3. The van der Waals surface area contributed by atoms with Gasteiger partial charge < -0.3 is 15.0 Å². The maximum atomic E-state index is 12.2. The lowest BCUT2D eigenvalue weighted by molar-refractivity contribution is 0.102. The van der Waals surface area contributed by atoms with Crippen LogP contribution in [0.4, 0.5) is 5.69 Å². The molecule has 1 heterocycles. The minimum Gasteiger partial charge on any atom is -0.497 e. The first-order valence-corrected chi connectivity index (χ1v) is 6.04. The van der Waals surface area contributed by atoms with Gasteiger partial charge >= 0.3 is 0 Å². The van der Waals surface area contributed by atoms with Crippen molar-refractivity contribution in [3.05, 3.63) is 51.7 Å². The van der Waals surface area contributed by atoms with Gasteiger partial charge in [-0.1, -0.05) is 6.07 Å². The van der Waals surface area contributed by atoms with Crippen LogP contribution in [0, 0.1) is 13.8 Å². The maximum Gasteiger partial charge on any atom is 0.264 e. The second-order valence-corrected chi connectivity index (χ2v) is 4.30. The molecule has 20 heavy (non-hydrogen) atoms. The molecular weight excluding hydrogens is 258 g/mol. The summed E-state index contributed by atoms with van der Waals surface area (Å²) in [6, 6.07) is 6.90. The van der Waals surface area contributed by atoms with Crippen LogP contribution in [0.5, 0.6) is 5.75 Å². The van der Waals surface area contributed by atoms with Crippen LogP contribution in [0.15, 0.2) is 29.1 Å². The number of nitrogens with one attached hydrogen (secondary N) is 2. The van der Waals surface area contributed by atoms with Gasteiger partial charge in [-0.3, -0.25) is 9.59 Å². The van der Waals surface area contributed by atoms with Gasteiger partial charge in [0.15, 0.2) is 0 Å². The molecule has 104 valence electrons. The molecule has 0 fully saturated rings. The molecule has 0 radical (unpaired) electrons. The number of benzene rings is 1. The second-order valence-electron chi connectivity index (χ2n) is 4.30. The molecule has 0 unspecified atom stereocenters. The quantitative estimate of drug-likeness (QED) is 0.890. The number of rotatable bonds is 3. The predicted octanol–water partition coefficient (Wildman–Crippen LogP) is 1.65. The number of nitrogens with zero attached hydrogens (tertiary/aromatic N) is 1. The Bertz CT molecular complexity index is 707. The number of anilines is 1. The number of methoxy groups -OCH3 is 1. The summed E-state index contributed by atoms with van der Waals surface area (Å²) in [5.41, 5.74) is 0.509. The highest BCUT2D eigenvalue weighted by Gasteiger charge is 2.15. The number of carbonyl (C=O) groups excluding carboxylic acids is 1. The van der Waals surface area contributed by atoms with E-state index in [0.717, 1.165) is 0 Å².